The Bertz CT molecular complexity index is 1080. The van der Waals surface area contributed by atoms with Gasteiger partial charge in [0.05, 0.1) is 0 Å². The molecule has 3 aromatic rings. The van der Waals surface area contributed by atoms with E-state index < -0.39 is 0 Å². The number of nitrogens with zero attached hydrogens (tertiary/aromatic N) is 5. The minimum atomic E-state index is -0.354. The number of imidazole rings is 1. The van der Waals surface area contributed by atoms with Gasteiger partial charge in [-0.1, -0.05) is 0 Å². The number of rotatable bonds is 1. The number of fused-ring (bicyclic) bond motifs is 1. The largest absolute Gasteiger partial charge is 0.495 e. The topological polar surface area (TPSA) is 119 Å². The van der Waals surface area contributed by atoms with Crippen molar-refractivity contribution in [2.75, 3.05) is 6.54 Å². The van der Waals surface area contributed by atoms with Crippen LogP contribution in [0.5, 0.6) is 0 Å². The van der Waals surface area contributed by atoms with Crippen molar-refractivity contribution in [3.8, 4) is 17.2 Å². The molecule has 0 saturated carbocycles. The number of hydrogen-bond acceptors (Lipinski definition) is 5. The van der Waals surface area contributed by atoms with Crippen LogP contribution in [-0.2, 0) is 0 Å². The van der Waals surface area contributed by atoms with Crippen molar-refractivity contribution in [1.82, 2.24) is 14.4 Å². The van der Waals surface area contributed by atoms with Gasteiger partial charge in [0.1, 0.15) is 30.2 Å². The minimum Gasteiger partial charge on any atom is -0.495 e. The van der Waals surface area contributed by atoms with E-state index in [2.05, 4.69) is 20.0 Å². The van der Waals surface area contributed by atoms with E-state index in [1.165, 1.54) is 6.34 Å². The number of aryl methyl sites for hydroxylation is 1. The van der Waals surface area contributed by atoms with Crippen molar-refractivity contribution in [2.24, 2.45) is 9.98 Å². The molecule has 2 N–H and O–H groups in total. The van der Waals surface area contributed by atoms with Gasteiger partial charge in [-0.25, -0.2) is 9.98 Å². The van der Waals surface area contributed by atoms with Crippen LogP contribution < -0.4 is 5.56 Å². The fraction of sp³-hybridized carbons (Fsp3) is 0.118. The molecule has 0 spiro atoms. The molecular formula is C17H14N6O2. The number of aliphatic imine (C=N–C) groups is 2. The second-order valence-electron chi connectivity index (χ2n) is 5.27. The molecule has 0 saturated heterocycles. The van der Waals surface area contributed by atoms with E-state index in [4.69, 9.17) is 10.4 Å². The molecule has 0 aliphatic carbocycles. The molecular weight excluding hydrogens is 320 g/mol. The molecule has 0 fully saturated rings. The van der Waals surface area contributed by atoms with Gasteiger partial charge >= 0.3 is 0 Å². The lowest BCUT2D eigenvalue weighted by atomic mass is 10.0. The van der Waals surface area contributed by atoms with Crippen molar-refractivity contribution in [3.63, 3.8) is 0 Å². The molecule has 1 aliphatic rings. The summed E-state index contributed by atoms with van der Waals surface area (Å²) >= 11 is 0. The molecule has 8 heteroatoms. The van der Waals surface area contributed by atoms with E-state index in [1.807, 2.05) is 41.9 Å². The third kappa shape index (κ3) is 3.45. The van der Waals surface area contributed by atoms with Crippen LogP contribution in [0, 0.1) is 18.3 Å². The molecule has 0 radical (unpaired) electrons. The number of aliphatic hydroxyl groups excluding tert-OH is 1. The van der Waals surface area contributed by atoms with E-state index in [0.29, 0.717) is 6.54 Å². The number of hydrogen-bond donors (Lipinski definition) is 2. The number of pyridine rings is 2. The smallest absolute Gasteiger partial charge is 0.266 e. The second-order valence-corrected chi connectivity index (χ2v) is 5.27. The van der Waals surface area contributed by atoms with Crippen LogP contribution in [-0.4, -0.2) is 38.3 Å². The third-order valence-electron chi connectivity index (χ3n) is 3.58. The zero-order chi connectivity index (χ0) is 17.8. The predicted molar refractivity (Wildman–Crippen MR) is 94.1 cm³/mol. The maximum absolute atomic E-state index is 11.5. The summed E-state index contributed by atoms with van der Waals surface area (Å²) in [6.07, 6.45) is 6.84. The highest BCUT2D eigenvalue weighted by atomic mass is 16.3. The van der Waals surface area contributed by atoms with Gasteiger partial charge in [0.15, 0.2) is 0 Å². The highest BCUT2D eigenvalue weighted by Crippen LogP contribution is 2.22. The highest BCUT2D eigenvalue weighted by Gasteiger charge is 2.08. The molecule has 0 unspecified atom stereocenters. The quantitative estimate of drug-likeness (QED) is 0.705. The van der Waals surface area contributed by atoms with Crippen LogP contribution in [0.1, 0.15) is 11.3 Å². The minimum absolute atomic E-state index is 0.106. The van der Waals surface area contributed by atoms with Gasteiger partial charge in [-0.2, -0.15) is 5.26 Å². The third-order valence-corrected chi connectivity index (χ3v) is 3.58. The summed E-state index contributed by atoms with van der Waals surface area (Å²) in [5, 5.41) is 17.3. The molecule has 3 aromatic heterocycles. The SMILES string of the molecule is Cc1[nH]c(=O)c(C#N)cc1-c1ccc2nccn2c1.OC1=NC=NC1. The van der Waals surface area contributed by atoms with Crippen LogP contribution in [0.2, 0.25) is 0 Å². The molecule has 0 aromatic carbocycles. The van der Waals surface area contributed by atoms with Crippen LogP contribution in [0.25, 0.3) is 16.8 Å². The normalized spacial score (nSPS) is 12.4. The highest BCUT2D eigenvalue weighted by molar-refractivity contribution is 5.88. The average molecular weight is 334 g/mol. The van der Waals surface area contributed by atoms with E-state index in [1.54, 1.807) is 12.3 Å². The number of H-pyrrole nitrogens is 1. The Morgan fingerprint density at radius 3 is 2.88 bits per heavy atom. The summed E-state index contributed by atoms with van der Waals surface area (Å²) in [5.74, 6) is 0.106. The monoisotopic (exact) mass is 334 g/mol. The lowest BCUT2D eigenvalue weighted by molar-refractivity contribution is 0.546. The molecule has 25 heavy (non-hydrogen) atoms. The lowest BCUT2D eigenvalue weighted by Gasteiger charge is -2.07. The van der Waals surface area contributed by atoms with Gasteiger partial charge < -0.3 is 14.5 Å². The number of aliphatic hydroxyl groups is 1. The zero-order valence-electron chi connectivity index (χ0n) is 13.3. The van der Waals surface area contributed by atoms with Gasteiger partial charge in [-0.3, -0.25) is 9.79 Å². The predicted octanol–water partition coefficient (Wildman–Crippen LogP) is 1.85. The van der Waals surface area contributed by atoms with Gasteiger partial charge in [-0.05, 0) is 25.1 Å². The molecule has 0 amide bonds. The number of aromatic amines is 1. The van der Waals surface area contributed by atoms with Crippen LogP contribution in [0.15, 0.2) is 51.6 Å². The summed E-state index contributed by atoms with van der Waals surface area (Å²) in [6, 6.07) is 7.33. The van der Waals surface area contributed by atoms with Crippen molar-refractivity contribution >= 4 is 17.9 Å². The number of nitriles is 1. The first-order valence-electron chi connectivity index (χ1n) is 7.39. The van der Waals surface area contributed by atoms with E-state index in [-0.39, 0.29) is 17.0 Å². The number of nitrogens with one attached hydrogen (secondary N) is 1. The Morgan fingerprint density at radius 2 is 2.24 bits per heavy atom. The van der Waals surface area contributed by atoms with Gasteiger partial charge in [-0.15, -0.1) is 0 Å². The number of aromatic nitrogens is 3. The zero-order valence-corrected chi connectivity index (χ0v) is 13.3. The van der Waals surface area contributed by atoms with E-state index in [0.717, 1.165) is 22.5 Å². The summed E-state index contributed by atoms with van der Waals surface area (Å²) in [6.45, 7) is 2.18. The Morgan fingerprint density at radius 1 is 1.40 bits per heavy atom. The first-order chi connectivity index (χ1) is 12.1. The lowest BCUT2D eigenvalue weighted by Crippen LogP contribution is -2.12. The van der Waals surface area contributed by atoms with Crippen molar-refractivity contribution in [1.29, 1.82) is 5.26 Å². The summed E-state index contributed by atoms with van der Waals surface area (Å²) < 4.78 is 1.89. The first-order valence-corrected chi connectivity index (χ1v) is 7.39. The van der Waals surface area contributed by atoms with Crippen molar-refractivity contribution in [2.45, 2.75) is 6.92 Å². The van der Waals surface area contributed by atoms with Crippen LogP contribution >= 0.6 is 0 Å². The maximum Gasteiger partial charge on any atom is 0.266 e. The molecule has 4 rings (SSSR count). The van der Waals surface area contributed by atoms with Crippen molar-refractivity contribution in [3.05, 3.63) is 58.4 Å². The molecule has 4 heterocycles. The van der Waals surface area contributed by atoms with Gasteiger partial charge in [0.25, 0.3) is 5.56 Å². The van der Waals surface area contributed by atoms with Crippen LogP contribution in [0.3, 0.4) is 0 Å². The standard InChI is InChI=1S/C14H10N4O.C3H4N2O/c1-9-12(6-11(7-15)14(19)17-9)10-2-3-13-16-4-5-18(13)8-10;6-3-1-4-2-5-3/h2-6,8H,1H3,(H,17,19);2H,1H2,(H,4,5,6). The Kier molecular flexibility index (Phi) is 4.39. The first kappa shape index (κ1) is 16.1. The van der Waals surface area contributed by atoms with E-state index >= 15 is 0 Å². The summed E-state index contributed by atoms with van der Waals surface area (Å²) in [4.78, 5) is 25.4. The van der Waals surface area contributed by atoms with E-state index in [9.17, 15) is 4.79 Å². The maximum atomic E-state index is 11.5. The fourth-order valence-corrected chi connectivity index (χ4v) is 2.36. The molecule has 1 aliphatic heterocycles. The van der Waals surface area contributed by atoms with Crippen molar-refractivity contribution < 1.29 is 5.11 Å². The summed E-state index contributed by atoms with van der Waals surface area (Å²) in [5.41, 5.74) is 3.12. The van der Waals surface area contributed by atoms with Gasteiger partial charge in [0.2, 0.25) is 5.90 Å². The molecule has 0 bridgehead atoms. The van der Waals surface area contributed by atoms with Gasteiger partial charge in [0, 0.05) is 35.4 Å². The molecule has 8 nitrogen and oxygen atoms in total. The summed E-state index contributed by atoms with van der Waals surface area (Å²) in [7, 11) is 0. The Balaban J connectivity index is 0.000000258. The van der Waals surface area contributed by atoms with Crippen LogP contribution in [0.4, 0.5) is 0 Å². The molecule has 0 atom stereocenters. The average Bonchev–Trinajstić information content (AvgIpc) is 3.26. The molecule has 124 valence electrons. The Labute approximate surface area is 142 Å². The Hall–Kier alpha value is -3.73. The second kappa shape index (κ2) is 6.80. The fourth-order valence-electron chi connectivity index (χ4n) is 2.36.